The normalized spacial score (nSPS) is 18.1. The van der Waals surface area contributed by atoms with Crippen molar-refractivity contribution < 1.29 is 9.47 Å². The van der Waals surface area contributed by atoms with E-state index in [1.165, 1.54) is 4.88 Å². The van der Waals surface area contributed by atoms with Gasteiger partial charge < -0.3 is 14.4 Å². The number of hydrogen-bond acceptors (Lipinski definition) is 4. The second-order valence-corrected chi connectivity index (χ2v) is 5.16. The van der Waals surface area contributed by atoms with Crippen LogP contribution in [0, 0.1) is 0 Å². The van der Waals surface area contributed by atoms with Gasteiger partial charge in [-0.2, -0.15) is 0 Å². The van der Waals surface area contributed by atoms with Gasteiger partial charge in [-0.15, -0.1) is 11.3 Å². The van der Waals surface area contributed by atoms with Crippen LogP contribution in [0.3, 0.4) is 0 Å². The Hall–Kier alpha value is -0.420. The lowest BCUT2D eigenvalue weighted by atomic mass is 10.3. The first-order valence-corrected chi connectivity index (χ1v) is 6.67. The average Bonchev–Trinajstić information content (AvgIpc) is 2.81. The Labute approximate surface area is 101 Å². The van der Waals surface area contributed by atoms with Gasteiger partial charge in [-0.25, -0.2) is 0 Å². The maximum Gasteiger partial charge on any atom is 0.158 e. The number of ether oxygens (including phenoxy) is 2. The van der Waals surface area contributed by atoms with Gasteiger partial charge in [0.05, 0.1) is 13.2 Å². The van der Waals surface area contributed by atoms with Gasteiger partial charge >= 0.3 is 0 Å². The minimum absolute atomic E-state index is 0.0135. The van der Waals surface area contributed by atoms with Crippen molar-refractivity contribution in [1.29, 1.82) is 0 Å². The smallest absolute Gasteiger partial charge is 0.158 e. The maximum atomic E-state index is 5.52. The van der Waals surface area contributed by atoms with Gasteiger partial charge in [-0.1, -0.05) is 6.07 Å². The van der Waals surface area contributed by atoms with E-state index in [-0.39, 0.29) is 6.29 Å². The van der Waals surface area contributed by atoms with Crippen molar-refractivity contribution in [2.24, 2.45) is 0 Å². The van der Waals surface area contributed by atoms with Crippen LogP contribution in [-0.4, -0.2) is 38.0 Å². The summed E-state index contributed by atoms with van der Waals surface area (Å²) in [6, 6.07) is 4.27. The van der Waals surface area contributed by atoms with Crippen LogP contribution in [0.1, 0.15) is 17.7 Å². The van der Waals surface area contributed by atoms with Crippen LogP contribution >= 0.6 is 11.3 Å². The second-order valence-electron chi connectivity index (χ2n) is 4.13. The summed E-state index contributed by atoms with van der Waals surface area (Å²) in [5.74, 6) is 0. The van der Waals surface area contributed by atoms with Crippen molar-refractivity contribution in [3.05, 3.63) is 22.4 Å². The largest absolute Gasteiger partial charge is 0.353 e. The molecule has 0 unspecified atom stereocenters. The molecule has 0 amide bonds. The summed E-state index contributed by atoms with van der Waals surface area (Å²) in [5, 5.41) is 2.12. The molecule has 1 aromatic heterocycles. The number of rotatable bonds is 5. The van der Waals surface area contributed by atoms with Gasteiger partial charge in [0.1, 0.15) is 0 Å². The van der Waals surface area contributed by atoms with E-state index < -0.39 is 0 Å². The Bertz CT molecular complexity index is 283. The summed E-state index contributed by atoms with van der Waals surface area (Å²) in [5.41, 5.74) is 0. The molecule has 1 aliphatic heterocycles. The lowest BCUT2D eigenvalue weighted by Crippen LogP contribution is -2.29. The topological polar surface area (TPSA) is 21.7 Å². The molecule has 0 atom stereocenters. The van der Waals surface area contributed by atoms with Crippen LogP contribution < -0.4 is 0 Å². The molecule has 2 rings (SSSR count). The lowest BCUT2D eigenvalue weighted by molar-refractivity contribution is -0.182. The van der Waals surface area contributed by atoms with E-state index in [1.807, 2.05) is 11.3 Å². The minimum atomic E-state index is 0.0135. The van der Waals surface area contributed by atoms with Crippen LogP contribution in [0.5, 0.6) is 0 Å². The highest BCUT2D eigenvalue weighted by Crippen LogP contribution is 2.13. The Morgan fingerprint density at radius 1 is 1.44 bits per heavy atom. The summed E-state index contributed by atoms with van der Waals surface area (Å²) in [6.45, 7) is 3.73. The predicted molar refractivity (Wildman–Crippen MR) is 65.6 cm³/mol. The monoisotopic (exact) mass is 241 g/mol. The van der Waals surface area contributed by atoms with Crippen molar-refractivity contribution in [2.75, 3.05) is 26.8 Å². The SMILES string of the molecule is CN(CCC1OCCCO1)Cc1cccs1. The second kappa shape index (κ2) is 6.35. The van der Waals surface area contributed by atoms with Crippen molar-refractivity contribution in [3.8, 4) is 0 Å². The Balaban J connectivity index is 1.65. The Morgan fingerprint density at radius 2 is 2.25 bits per heavy atom. The van der Waals surface area contributed by atoms with Gasteiger partial charge in [-0.05, 0) is 24.9 Å². The van der Waals surface area contributed by atoms with Gasteiger partial charge in [-0.3, -0.25) is 0 Å². The zero-order chi connectivity index (χ0) is 11.2. The van der Waals surface area contributed by atoms with Crippen molar-refractivity contribution in [1.82, 2.24) is 4.90 Å². The van der Waals surface area contributed by atoms with Crippen molar-refractivity contribution >= 4 is 11.3 Å². The van der Waals surface area contributed by atoms with Gasteiger partial charge in [0.25, 0.3) is 0 Å². The molecule has 0 saturated carbocycles. The molecule has 4 heteroatoms. The van der Waals surface area contributed by atoms with Crippen molar-refractivity contribution in [2.45, 2.75) is 25.7 Å². The first-order chi connectivity index (χ1) is 7.84. The molecule has 2 heterocycles. The quantitative estimate of drug-likeness (QED) is 0.790. The average molecular weight is 241 g/mol. The third-order valence-electron chi connectivity index (χ3n) is 2.65. The fraction of sp³-hybridized carbons (Fsp3) is 0.667. The molecule has 16 heavy (non-hydrogen) atoms. The zero-order valence-electron chi connectivity index (χ0n) is 9.72. The first kappa shape index (κ1) is 12.0. The van der Waals surface area contributed by atoms with Crippen LogP contribution in [0.4, 0.5) is 0 Å². The van der Waals surface area contributed by atoms with Crippen LogP contribution in [0.15, 0.2) is 17.5 Å². The number of nitrogens with zero attached hydrogens (tertiary/aromatic N) is 1. The fourth-order valence-electron chi connectivity index (χ4n) is 1.78. The predicted octanol–water partition coefficient (Wildman–Crippen LogP) is 2.33. The summed E-state index contributed by atoms with van der Waals surface area (Å²) in [7, 11) is 2.14. The van der Waals surface area contributed by atoms with Gasteiger partial charge in [0, 0.05) is 24.4 Å². The lowest BCUT2D eigenvalue weighted by Gasteiger charge is -2.25. The molecule has 90 valence electrons. The van der Waals surface area contributed by atoms with E-state index >= 15 is 0 Å². The van der Waals surface area contributed by atoms with Gasteiger partial charge in [0.15, 0.2) is 6.29 Å². The molecule has 0 bridgehead atoms. The Morgan fingerprint density at radius 3 is 2.94 bits per heavy atom. The summed E-state index contributed by atoms with van der Waals surface area (Å²) in [4.78, 5) is 3.72. The maximum absolute atomic E-state index is 5.52. The van der Waals surface area contributed by atoms with E-state index in [1.54, 1.807) is 0 Å². The highest BCUT2D eigenvalue weighted by Gasteiger charge is 2.14. The summed E-state index contributed by atoms with van der Waals surface area (Å²) >= 11 is 1.81. The molecular formula is C12H19NO2S. The molecule has 0 N–H and O–H groups in total. The van der Waals surface area contributed by atoms with Crippen LogP contribution in [-0.2, 0) is 16.0 Å². The molecule has 1 fully saturated rings. The Kier molecular flexibility index (Phi) is 4.78. The zero-order valence-corrected chi connectivity index (χ0v) is 10.5. The van der Waals surface area contributed by atoms with E-state index in [0.29, 0.717) is 0 Å². The highest BCUT2D eigenvalue weighted by molar-refractivity contribution is 7.09. The van der Waals surface area contributed by atoms with Crippen molar-refractivity contribution in [3.63, 3.8) is 0 Å². The van der Waals surface area contributed by atoms with E-state index in [2.05, 4.69) is 29.5 Å². The first-order valence-electron chi connectivity index (χ1n) is 5.79. The van der Waals surface area contributed by atoms with E-state index in [9.17, 15) is 0 Å². The minimum Gasteiger partial charge on any atom is -0.353 e. The standard InChI is InChI=1S/C12H19NO2S/c1-13(10-11-4-2-9-16-11)6-5-12-14-7-3-8-15-12/h2,4,9,12H,3,5-8,10H2,1H3. The molecule has 1 aliphatic rings. The summed E-state index contributed by atoms with van der Waals surface area (Å²) in [6.07, 6.45) is 2.00. The summed E-state index contributed by atoms with van der Waals surface area (Å²) < 4.78 is 11.0. The van der Waals surface area contributed by atoms with Crippen LogP contribution in [0.25, 0.3) is 0 Å². The molecule has 0 radical (unpaired) electrons. The van der Waals surface area contributed by atoms with Gasteiger partial charge in [0.2, 0.25) is 0 Å². The molecule has 0 spiro atoms. The van der Waals surface area contributed by atoms with E-state index in [0.717, 1.165) is 39.1 Å². The third kappa shape index (κ3) is 3.87. The molecule has 1 saturated heterocycles. The third-order valence-corrected chi connectivity index (χ3v) is 3.51. The van der Waals surface area contributed by atoms with E-state index in [4.69, 9.17) is 9.47 Å². The fourth-order valence-corrected chi connectivity index (χ4v) is 2.56. The molecule has 0 aliphatic carbocycles. The molecule has 0 aromatic carbocycles. The van der Waals surface area contributed by atoms with Crippen LogP contribution in [0.2, 0.25) is 0 Å². The molecular weight excluding hydrogens is 222 g/mol. The molecule has 1 aromatic rings. The molecule has 3 nitrogen and oxygen atoms in total. The number of hydrogen-bond donors (Lipinski definition) is 0. The number of thiophene rings is 1. The highest BCUT2D eigenvalue weighted by atomic mass is 32.1.